The van der Waals surface area contributed by atoms with Crippen LogP contribution in [0, 0.1) is 22.9 Å². The van der Waals surface area contributed by atoms with Gasteiger partial charge in [-0.25, -0.2) is 14.4 Å². The van der Waals surface area contributed by atoms with E-state index < -0.39 is 10.7 Å². The van der Waals surface area contributed by atoms with Gasteiger partial charge in [0.05, 0.1) is 4.92 Å². The van der Waals surface area contributed by atoms with Gasteiger partial charge in [0.2, 0.25) is 5.82 Å². The van der Waals surface area contributed by atoms with E-state index in [-0.39, 0.29) is 17.2 Å². The number of aromatic nitrogens is 2. The molecular weight excluding hydrogens is 251 g/mol. The summed E-state index contributed by atoms with van der Waals surface area (Å²) in [6.07, 6.45) is 1.23. The largest absolute Gasteiger partial charge is 0.367 e. The molecule has 0 amide bonds. The van der Waals surface area contributed by atoms with Gasteiger partial charge in [0, 0.05) is 12.6 Å². The molecule has 0 bridgehead atoms. The molecule has 1 aromatic carbocycles. The van der Waals surface area contributed by atoms with Crippen LogP contribution in [-0.4, -0.2) is 21.9 Å². The third-order valence-corrected chi connectivity index (χ3v) is 2.69. The lowest BCUT2D eigenvalue weighted by Gasteiger charge is -2.08. The fraction of sp³-hybridized carbons (Fsp3) is 0.167. The average molecular weight is 262 g/mol. The molecule has 0 saturated heterocycles. The summed E-state index contributed by atoms with van der Waals surface area (Å²) in [5, 5.41) is 13.8. The van der Waals surface area contributed by atoms with E-state index in [1.165, 1.54) is 31.6 Å². The van der Waals surface area contributed by atoms with Crippen molar-refractivity contribution in [2.24, 2.45) is 0 Å². The summed E-state index contributed by atoms with van der Waals surface area (Å²) in [7, 11) is 1.54. The van der Waals surface area contributed by atoms with Gasteiger partial charge in [-0.15, -0.1) is 0 Å². The topological polar surface area (TPSA) is 81.0 Å². The number of aryl methyl sites for hydroxylation is 1. The Morgan fingerprint density at radius 2 is 2.11 bits per heavy atom. The van der Waals surface area contributed by atoms with Gasteiger partial charge in [-0.1, -0.05) is 0 Å². The molecule has 6 nitrogen and oxygen atoms in total. The van der Waals surface area contributed by atoms with Crippen LogP contribution in [0.1, 0.15) is 5.56 Å². The first-order chi connectivity index (χ1) is 9.04. The van der Waals surface area contributed by atoms with E-state index in [0.717, 1.165) is 0 Å². The Morgan fingerprint density at radius 3 is 2.68 bits per heavy atom. The van der Waals surface area contributed by atoms with Gasteiger partial charge in [-0.05, 0) is 30.7 Å². The van der Waals surface area contributed by atoms with Gasteiger partial charge in [0.1, 0.15) is 12.1 Å². The molecule has 19 heavy (non-hydrogen) atoms. The zero-order valence-corrected chi connectivity index (χ0v) is 10.3. The van der Waals surface area contributed by atoms with Gasteiger partial charge in [-0.2, -0.15) is 0 Å². The smallest absolute Gasteiger partial charge is 0.337 e. The number of hydrogen-bond acceptors (Lipinski definition) is 5. The number of anilines is 1. The second kappa shape index (κ2) is 4.97. The van der Waals surface area contributed by atoms with E-state index >= 15 is 0 Å². The lowest BCUT2D eigenvalue weighted by molar-refractivity contribution is -0.383. The molecule has 0 saturated carbocycles. The van der Waals surface area contributed by atoms with Crippen LogP contribution in [0.15, 0.2) is 24.5 Å². The molecule has 0 atom stereocenters. The van der Waals surface area contributed by atoms with Crippen molar-refractivity contribution in [3.63, 3.8) is 0 Å². The number of rotatable bonds is 3. The summed E-state index contributed by atoms with van der Waals surface area (Å²) in [6.45, 7) is 1.67. The molecule has 0 aliphatic carbocycles. The van der Waals surface area contributed by atoms with E-state index in [4.69, 9.17) is 0 Å². The Morgan fingerprint density at radius 1 is 1.37 bits per heavy atom. The lowest BCUT2D eigenvalue weighted by atomic mass is 10.0. The van der Waals surface area contributed by atoms with Crippen LogP contribution in [0.25, 0.3) is 11.3 Å². The van der Waals surface area contributed by atoms with Gasteiger partial charge < -0.3 is 5.32 Å². The minimum Gasteiger partial charge on any atom is -0.367 e. The fourth-order valence-corrected chi connectivity index (χ4v) is 1.82. The molecule has 1 heterocycles. The molecule has 0 fully saturated rings. The lowest BCUT2D eigenvalue weighted by Crippen LogP contribution is -2.03. The Kier molecular flexibility index (Phi) is 3.37. The molecule has 1 aromatic heterocycles. The first-order valence-corrected chi connectivity index (χ1v) is 5.48. The highest BCUT2D eigenvalue weighted by atomic mass is 19.1. The van der Waals surface area contributed by atoms with Crippen molar-refractivity contribution in [1.82, 2.24) is 9.97 Å². The third kappa shape index (κ3) is 2.35. The first-order valence-electron chi connectivity index (χ1n) is 5.48. The maximum Gasteiger partial charge on any atom is 0.337 e. The van der Waals surface area contributed by atoms with Crippen LogP contribution in [-0.2, 0) is 0 Å². The van der Waals surface area contributed by atoms with Gasteiger partial charge in [0.25, 0.3) is 0 Å². The molecule has 98 valence electrons. The van der Waals surface area contributed by atoms with Gasteiger partial charge in [-0.3, -0.25) is 10.1 Å². The SMILES string of the molecule is CNc1ncnc(-c2ccc(F)cc2C)c1[N+](=O)[O-]. The maximum atomic E-state index is 13.1. The van der Waals surface area contributed by atoms with Crippen LogP contribution in [0.4, 0.5) is 15.9 Å². The summed E-state index contributed by atoms with van der Waals surface area (Å²) in [6, 6.07) is 4.02. The molecule has 0 aliphatic rings. The molecule has 0 aliphatic heterocycles. The highest BCUT2D eigenvalue weighted by Crippen LogP contribution is 2.34. The van der Waals surface area contributed by atoms with Gasteiger partial charge in [0.15, 0.2) is 5.69 Å². The Bertz CT molecular complexity index is 646. The first kappa shape index (κ1) is 12.9. The molecular formula is C12H11FN4O2. The summed E-state index contributed by atoms with van der Waals surface area (Å²) in [4.78, 5) is 18.4. The van der Waals surface area contributed by atoms with Crippen LogP contribution in [0.2, 0.25) is 0 Å². The van der Waals surface area contributed by atoms with Gasteiger partial charge >= 0.3 is 5.69 Å². The Hall–Kier alpha value is -2.57. The van der Waals surface area contributed by atoms with E-state index in [0.29, 0.717) is 11.1 Å². The van der Waals surface area contributed by atoms with Crippen molar-refractivity contribution in [2.45, 2.75) is 6.92 Å². The predicted molar refractivity (Wildman–Crippen MR) is 68.4 cm³/mol. The minimum atomic E-state index is -0.552. The summed E-state index contributed by atoms with van der Waals surface area (Å²) in [5.41, 5.74) is 1.03. The normalized spacial score (nSPS) is 10.3. The number of halogens is 1. The molecule has 1 N–H and O–H groups in total. The molecule has 7 heteroatoms. The van der Waals surface area contributed by atoms with E-state index in [1.54, 1.807) is 6.92 Å². The van der Waals surface area contributed by atoms with E-state index in [1.807, 2.05) is 0 Å². The van der Waals surface area contributed by atoms with Crippen LogP contribution in [0.3, 0.4) is 0 Å². The number of nitrogens with one attached hydrogen (secondary N) is 1. The fourth-order valence-electron chi connectivity index (χ4n) is 1.82. The quantitative estimate of drug-likeness (QED) is 0.679. The Balaban J connectivity index is 2.71. The Labute approximate surface area is 108 Å². The monoisotopic (exact) mass is 262 g/mol. The number of benzene rings is 1. The van der Waals surface area contributed by atoms with E-state index in [2.05, 4.69) is 15.3 Å². The molecule has 2 aromatic rings. The predicted octanol–water partition coefficient (Wildman–Crippen LogP) is 2.54. The maximum absolute atomic E-state index is 13.1. The van der Waals surface area contributed by atoms with Crippen LogP contribution in [0.5, 0.6) is 0 Å². The highest BCUT2D eigenvalue weighted by molar-refractivity contribution is 5.78. The van der Waals surface area contributed by atoms with Crippen molar-refractivity contribution in [1.29, 1.82) is 0 Å². The second-order valence-corrected chi connectivity index (χ2v) is 3.89. The standard InChI is InChI=1S/C12H11FN4O2/c1-7-5-8(13)3-4-9(7)10-11(17(18)19)12(14-2)16-6-15-10/h3-6H,1-2H3,(H,14,15,16). The number of hydrogen-bond donors (Lipinski definition) is 1. The van der Waals surface area contributed by atoms with Crippen molar-refractivity contribution in [3.05, 3.63) is 46.0 Å². The van der Waals surface area contributed by atoms with Crippen molar-refractivity contribution in [3.8, 4) is 11.3 Å². The van der Waals surface area contributed by atoms with Crippen LogP contribution < -0.4 is 5.32 Å². The highest BCUT2D eigenvalue weighted by Gasteiger charge is 2.24. The second-order valence-electron chi connectivity index (χ2n) is 3.89. The van der Waals surface area contributed by atoms with Crippen molar-refractivity contribution in [2.75, 3.05) is 12.4 Å². The van der Waals surface area contributed by atoms with E-state index in [9.17, 15) is 14.5 Å². The molecule has 0 radical (unpaired) electrons. The molecule has 0 unspecified atom stereocenters. The third-order valence-electron chi connectivity index (χ3n) is 2.69. The molecule has 2 rings (SSSR count). The minimum absolute atomic E-state index is 0.124. The van der Waals surface area contributed by atoms with Crippen LogP contribution >= 0.6 is 0 Å². The molecule has 0 spiro atoms. The van der Waals surface area contributed by atoms with Crippen molar-refractivity contribution < 1.29 is 9.31 Å². The number of nitro groups is 1. The summed E-state index contributed by atoms with van der Waals surface area (Å²) < 4.78 is 13.1. The summed E-state index contributed by atoms with van der Waals surface area (Å²) in [5.74, 6) is -0.273. The zero-order valence-electron chi connectivity index (χ0n) is 10.3. The number of nitrogens with zero attached hydrogens (tertiary/aromatic N) is 3. The average Bonchev–Trinajstić information content (AvgIpc) is 2.37. The summed E-state index contributed by atoms with van der Waals surface area (Å²) >= 11 is 0. The zero-order chi connectivity index (χ0) is 14.0. The van der Waals surface area contributed by atoms with Crippen molar-refractivity contribution >= 4 is 11.5 Å².